The molecule has 0 aliphatic carbocycles. The molecule has 0 aromatic carbocycles. The Morgan fingerprint density at radius 3 is 2.50 bits per heavy atom. The average molecular weight is 450 g/mol. The van der Waals surface area contributed by atoms with Crippen molar-refractivity contribution in [3.63, 3.8) is 0 Å². The lowest BCUT2D eigenvalue weighted by atomic mass is 10.1. The number of aromatic amines is 1. The third-order valence-electron chi connectivity index (χ3n) is 4.67. The van der Waals surface area contributed by atoms with Gasteiger partial charge in [0.2, 0.25) is 0 Å². The largest absolute Gasteiger partial charge is 0.388 e. The summed E-state index contributed by atoms with van der Waals surface area (Å²) in [5, 5.41) is 10.8. The van der Waals surface area contributed by atoms with E-state index in [1.165, 1.54) is 17.9 Å². The number of aromatic nitrogens is 2. The van der Waals surface area contributed by atoms with Gasteiger partial charge in [0.1, 0.15) is 12.2 Å². The van der Waals surface area contributed by atoms with Crippen molar-refractivity contribution in [2.75, 3.05) is 39.7 Å². The highest BCUT2D eigenvalue weighted by molar-refractivity contribution is 7.53. The van der Waals surface area contributed by atoms with Gasteiger partial charge in [-0.05, 0) is 27.2 Å². The number of aliphatic hydroxyl groups is 1. The van der Waals surface area contributed by atoms with Gasteiger partial charge in [0.15, 0.2) is 6.23 Å². The summed E-state index contributed by atoms with van der Waals surface area (Å²) >= 11 is 0. The Balaban J connectivity index is 2.24. The Morgan fingerprint density at radius 2 is 1.90 bits per heavy atom. The van der Waals surface area contributed by atoms with Crippen LogP contribution in [-0.4, -0.2) is 72.7 Å². The topological polar surface area (TPSA) is 138 Å². The molecule has 4 atom stereocenters. The Morgan fingerprint density at radius 1 is 1.23 bits per heavy atom. The molecule has 2 rings (SSSR count). The molecule has 1 saturated heterocycles. The van der Waals surface area contributed by atoms with Crippen LogP contribution < -0.4 is 11.2 Å². The van der Waals surface area contributed by atoms with E-state index < -0.39 is 43.4 Å². The van der Waals surface area contributed by atoms with Crippen molar-refractivity contribution < 1.29 is 32.9 Å². The van der Waals surface area contributed by atoms with Gasteiger partial charge in [-0.3, -0.25) is 18.9 Å². The van der Waals surface area contributed by atoms with Crippen molar-refractivity contribution >= 4 is 7.60 Å². The molecule has 1 unspecified atom stereocenters. The number of ether oxygens (including phenoxy) is 3. The minimum atomic E-state index is -3.33. The van der Waals surface area contributed by atoms with Crippen LogP contribution in [0.5, 0.6) is 0 Å². The second kappa shape index (κ2) is 11.3. The first-order valence-corrected chi connectivity index (χ1v) is 11.6. The number of hydrogen-bond donors (Lipinski definition) is 2. The molecule has 1 aromatic rings. The summed E-state index contributed by atoms with van der Waals surface area (Å²) in [5.41, 5.74) is -0.875. The molecule has 0 saturated carbocycles. The number of nitrogens with zero attached hydrogens (tertiary/aromatic N) is 1. The van der Waals surface area contributed by atoms with E-state index in [1.807, 2.05) is 0 Å². The highest BCUT2D eigenvalue weighted by Gasteiger charge is 2.46. The zero-order chi connectivity index (χ0) is 22.3. The zero-order valence-electron chi connectivity index (χ0n) is 17.7. The molecule has 0 amide bonds. The monoisotopic (exact) mass is 450 g/mol. The summed E-state index contributed by atoms with van der Waals surface area (Å²) in [4.78, 5) is 26.3. The Bertz CT molecular complexity index is 830. The van der Waals surface area contributed by atoms with Gasteiger partial charge < -0.3 is 28.4 Å². The standard InChI is InChI=1S/C18H31N2O9P/c1-5-27-30(24,28-6-2)10-7-13-14(21)15(26-9-8-25-4)17(29-13)20-11-12(3)16(22)19-18(20)23/h11,13-15,17,21H,5-10H2,1-4H3,(H,19,22,23)/t13?,14-,15-,17-/m1/s1. The van der Waals surface area contributed by atoms with Crippen molar-refractivity contribution in [2.24, 2.45) is 0 Å². The van der Waals surface area contributed by atoms with Gasteiger partial charge in [-0.1, -0.05) is 0 Å². The molecule has 2 N–H and O–H groups in total. The van der Waals surface area contributed by atoms with E-state index in [-0.39, 0.29) is 39.0 Å². The van der Waals surface area contributed by atoms with Crippen LogP contribution in [0.3, 0.4) is 0 Å². The number of hydrogen-bond acceptors (Lipinski definition) is 9. The molecule has 1 fully saturated rings. The van der Waals surface area contributed by atoms with Gasteiger partial charge in [0, 0.05) is 18.9 Å². The fourth-order valence-electron chi connectivity index (χ4n) is 3.25. The van der Waals surface area contributed by atoms with Gasteiger partial charge in [-0.2, -0.15) is 0 Å². The highest BCUT2D eigenvalue weighted by atomic mass is 31.2. The second-order valence-electron chi connectivity index (χ2n) is 6.82. The van der Waals surface area contributed by atoms with Gasteiger partial charge in [0.05, 0.1) is 38.7 Å². The number of nitrogens with one attached hydrogen (secondary N) is 1. The van der Waals surface area contributed by atoms with Gasteiger partial charge in [-0.15, -0.1) is 0 Å². The van der Waals surface area contributed by atoms with E-state index in [1.54, 1.807) is 20.8 Å². The molecule has 2 heterocycles. The van der Waals surface area contributed by atoms with Crippen molar-refractivity contribution in [1.29, 1.82) is 0 Å². The van der Waals surface area contributed by atoms with E-state index in [0.29, 0.717) is 5.56 Å². The van der Waals surface area contributed by atoms with E-state index in [2.05, 4.69) is 4.98 Å². The molecule has 172 valence electrons. The molecule has 12 heteroatoms. The molecule has 0 bridgehead atoms. The van der Waals surface area contributed by atoms with Crippen LogP contribution in [0.25, 0.3) is 0 Å². The number of aliphatic hydroxyl groups excluding tert-OH is 1. The SMILES string of the molecule is CCOP(=O)(CCC1O[C@@H](n2cc(C)c(=O)[nH]c2=O)[C@H](OCCOC)[C@@H]1O)OCC. The molecule has 1 aliphatic rings. The van der Waals surface area contributed by atoms with Crippen molar-refractivity contribution in [1.82, 2.24) is 9.55 Å². The summed E-state index contributed by atoms with van der Waals surface area (Å²) in [6.07, 6.45) is -2.21. The van der Waals surface area contributed by atoms with Crippen LogP contribution in [0.1, 0.15) is 32.1 Å². The third-order valence-corrected chi connectivity index (χ3v) is 6.78. The molecule has 30 heavy (non-hydrogen) atoms. The summed E-state index contributed by atoms with van der Waals surface area (Å²) in [5.74, 6) is 0. The quantitative estimate of drug-likeness (QED) is 0.350. The maximum atomic E-state index is 12.7. The van der Waals surface area contributed by atoms with Crippen LogP contribution in [0.2, 0.25) is 0 Å². The van der Waals surface area contributed by atoms with Crippen LogP contribution in [0.15, 0.2) is 15.8 Å². The maximum Gasteiger partial charge on any atom is 0.330 e. The Kier molecular flexibility index (Phi) is 9.42. The molecule has 11 nitrogen and oxygen atoms in total. The smallest absolute Gasteiger partial charge is 0.330 e. The van der Waals surface area contributed by atoms with Gasteiger partial charge >= 0.3 is 13.3 Å². The minimum absolute atomic E-state index is 0.0352. The first-order valence-electron chi connectivity index (χ1n) is 9.90. The minimum Gasteiger partial charge on any atom is -0.388 e. The molecule has 0 radical (unpaired) electrons. The number of aryl methyl sites for hydroxylation is 1. The van der Waals surface area contributed by atoms with Gasteiger partial charge in [0.25, 0.3) is 5.56 Å². The van der Waals surface area contributed by atoms with E-state index >= 15 is 0 Å². The number of rotatable bonds is 12. The molecular weight excluding hydrogens is 419 g/mol. The van der Waals surface area contributed by atoms with Crippen LogP contribution in [-0.2, 0) is 27.8 Å². The van der Waals surface area contributed by atoms with E-state index in [9.17, 15) is 19.3 Å². The highest BCUT2D eigenvalue weighted by Crippen LogP contribution is 2.49. The zero-order valence-corrected chi connectivity index (χ0v) is 18.6. The summed E-state index contributed by atoms with van der Waals surface area (Å²) in [7, 11) is -1.81. The van der Waals surface area contributed by atoms with E-state index in [4.69, 9.17) is 23.3 Å². The lowest BCUT2D eigenvalue weighted by Crippen LogP contribution is -2.40. The second-order valence-corrected chi connectivity index (χ2v) is 9.01. The Labute approximate surface area is 174 Å². The molecule has 1 aliphatic heterocycles. The maximum absolute atomic E-state index is 12.7. The Hall–Kier alpha value is -1.33. The van der Waals surface area contributed by atoms with Crippen LogP contribution in [0, 0.1) is 6.92 Å². The van der Waals surface area contributed by atoms with Crippen LogP contribution in [0.4, 0.5) is 0 Å². The van der Waals surface area contributed by atoms with Gasteiger partial charge in [-0.25, -0.2) is 4.79 Å². The summed E-state index contributed by atoms with van der Waals surface area (Å²) < 4.78 is 41.1. The summed E-state index contributed by atoms with van der Waals surface area (Å²) in [6, 6.07) is 0. The van der Waals surface area contributed by atoms with Crippen LogP contribution >= 0.6 is 7.60 Å². The fraction of sp³-hybridized carbons (Fsp3) is 0.778. The third kappa shape index (κ3) is 6.10. The summed E-state index contributed by atoms with van der Waals surface area (Å²) in [6.45, 7) is 5.88. The lowest BCUT2D eigenvalue weighted by Gasteiger charge is -2.22. The van der Waals surface area contributed by atoms with Crippen molar-refractivity contribution in [3.8, 4) is 0 Å². The first kappa shape index (κ1) is 24.9. The van der Waals surface area contributed by atoms with E-state index in [0.717, 1.165) is 0 Å². The predicted molar refractivity (Wildman–Crippen MR) is 108 cm³/mol. The normalized spacial score (nSPS) is 24.4. The fourth-order valence-corrected chi connectivity index (χ4v) is 4.94. The lowest BCUT2D eigenvalue weighted by molar-refractivity contribution is -0.0798. The first-order chi connectivity index (χ1) is 14.3. The van der Waals surface area contributed by atoms with Crippen molar-refractivity contribution in [2.45, 2.75) is 51.7 Å². The average Bonchev–Trinajstić information content (AvgIpc) is 2.99. The van der Waals surface area contributed by atoms with Crippen molar-refractivity contribution in [3.05, 3.63) is 32.6 Å². The number of methoxy groups -OCH3 is 1. The number of H-pyrrole nitrogens is 1. The molecular formula is C18H31N2O9P. The molecule has 0 spiro atoms. The predicted octanol–water partition coefficient (Wildman–Crippen LogP) is 0.791. The molecule has 1 aromatic heterocycles.